The van der Waals surface area contributed by atoms with Crippen LogP contribution in [0.1, 0.15) is 23.9 Å². The third kappa shape index (κ3) is 3.40. The molecule has 0 aliphatic carbocycles. The zero-order valence-electron chi connectivity index (χ0n) is 15.3. The number of methoxy groups -OCH3 is 1. The number of hydrogen-bond donors (Lipinski definition) is 1. The van der Waals surface area contributed by atoms with Crippen molar-refractivity contribution in [3.8, 4) is 5.69 Å². The highest BCUT2D eigenvalue weighted by Crippen LogP contribution is 2.32. The van der Waals surface area contributed by atoms with Gasteiger partial charge in [-0.15, -0.1) is 0 Å². The van der Waals surface area contributed by atoms with E-state index >= 15 is 0 Å². The Morgan fingerprint density at radius 1 is 1.22 bits per heavy atom. The number of aliphatic imine (C=N–C) groups is 1. The van der Waals surface area contributed by atoms with E-state index in [0.29, 0.717) is 21.5 Å². The Kier molecular flexibility index (Phi) is 5.18. The minimum atomic E-state index is -0.617. The van der Waals surface area contributed by atoms with Crippen molar-refractivity contribution in [2.45, 2.75) is 20.8 Å². The van der Waals surface area contributed by atoms with Crippen molar-refractivity contribution in [1.82, 2.24) is 4.57 Å². The molecular formula is C20H18Cl2N2O3. The Morgan fingerprint density at radius 2 is 1.93 bits per heavy atom. The van der Waals surface area contributed by atoms with Crippen LogP contribution >= 0.6 is 23.2 Å². The molecule has 2 aromatic rings. The molecule has 0 saturated heterocycles. The van der Waals surface area contributed by atoms with Crippen LogP contribution in [-0.4, -0.2) is 28.5 Å². The standard InChI is InChI=1S/C20H18Cl2N2O3/c1-10-7-13(8-16-19(25)18(11(2)23-16)20(26)27-4)12(3)24(10)17-9-14(21)5-6-15(17)22/h5-9,25H,1-4H3/b16-8+. The quantitative estimate of drug-likeness (QED) is 0.714. The molecule has 0 atom stereocenters. The number of aliphatic hydroxyl groups is 1. The van der Waals surface area contributed by atoms with E-state index in [0.717, 1.165) is 22.6 Å². The van der Waals surface area contributed by atoms with E-state index in [2.05, 4.69) is 4.99 Å². The smallest absolute Gasteiger partial charge is 0.343 e. The second-order valence-electron chi connectivity index (χ2n) is 6.20. The van der Waals surface area contributed by atoms with E-state index in [4.69, 9.17) is 27.9 Å². The van der Waals surface area contributed by atoms with Crippen LogP contribution in [0.15, 0.2) is 46.3 Å². The molecule has 0 bridgehead atoms. The van der Waals surface area contributed by atoms with Gasteiger partial charge in [0.1, 0.15) is 11.3 Å². The van der Waals surface area contributed by atoms with Crippen LogP contribution in [0.3, 0.4) is 0 Å². The fraction of sp³-hybridized carbons (Fsp3) is 0.200. The number of ether oxygens (including phenoxy) is 1. The van der Waals surface area contributed by atoms with Crippen LogP contribution in [0.2, 0.25) is 10.0 Å². The van der Waals surface area contributed by atoms with E-state index in [1.807, 2.05) is 24.5 Å². The summed E-state index contributed by atoms with van der Waals surface area (Å²) in [6.07, 6.45) is 1.73. The first kappa shape index (κ1) is 19.3. The molecule has 27 heavy (non-hydrogen) atoms. The van der Waals surface area contributed by atoms with Crippen LogP contribution in [0.25, 0.3) is 11.8 Å². The van der Waals surface area contributed by atoms with Crippen molar-refractivity contribution in [2.75, 3.05) is 7.11 Å². The first-order valence-electron chi connectivity index (χ1n) is 8.18. The van der Waals surface area contributed by atoms with Gasteiger partial charge in [-0.25, -0.2) is 9.79 Å². The molecule has 2 heterocycles. The fourth-order valence-corrected chi connectivity index (χ4v) is 3.51. The second kappa shape index (κ2) is 7.25. The van der Waals surface area contributed by atoms with Gasteiger partial charge in [0.2, 0.25) is 0 Å². The topological polar surface area (TPSA) is 63.8 Å². The highest BCUT2D eigenvalue weighted by atomic mass is 35.5. The molecule has 0 spiro atoms. The molecule has 7 heteroatoms. The normalized spacial score (nSPS) is 15.5. The van der Waals surface area contributed by atoms with Gasteiger partial charge in [0.05, 0.1) is 23.5 Å². The first-order chi connectivity index (χ1) is 12.7. The van der Waals surface area contributed by atoms with Crippen LogP contribution in [0, 0.1) is 13.8 Å². The van der Waals surface area contributed by atoms with Crippen molar-refractivity contribution >= 4 is 41.0 Å². The minimum Gasteiger partial charge on any atom is -0.505 e. The molecule has 1 aliphatic heterocycles. The highest BCUT2D eigenvalue weighted by Gasteiger charge is 2.27. The van der Waals surface area contributed by atoms with Gasteiger partial charge in [0, 0.05) is 16.4 Å². The predicted molar refractivity (Wildman–Crippen MR) is 108 cm³/mol. The maximum atomic E-state index is 11.8. The number of nitrogens with zero attached hydrogens (tertiary/aromatic N) is 2. The van der Waals surface area contributed by atoms with Crippen LogP contribution in [0.5, 0.6) is 0 Å². The van der Waals surface area contributed by atoms with Crippen molar-refractivity contribution in [3.05, 3.63) is 68.3 Å². The van der Waals surface area contributed by atoms with Crippen molar-refractivity contribution in [2.24, 2.45) is 4.99 Å². The van der Waals surface area contributed by atoms with E-state index in [1.54, 1.807) is 31.2 Å². The number of aromatic nitrogens is 1. The largest absolute Gasteiger partial charge is 0.505 e. The summed E-state index contributed by atoms with van der Waals surface area (Å²) >= 11 is 12.5. The third-order valence-electron chi connectivity index (χ3n) is 4.43. The Hall–Kier alpha value is -2.50. The number of rotatable bonds is 3. The molecule has 1 N–H and O–H groups in total. The lowest BCUT2D eigenvalue weighted by molar-refractivity contribution is -0.135. The maximum Gasteiger partial charge on any atom is 0.343 e. The molecule has 0 amide bonds. The number of carbonyl (C=O) groups excluding carboxylic acids is 1. The van der Waals surface area contributed by atoms with Gasteiger partial charge in [-0.1, -0.05) is 23.2 Å². The predicted octanol–water partition coefficient (Wildman–Crippen LogP) is 5.20. The van der Waals surface area contributed by atoms with Gasteiger partial charge < -0.3 is 14.4 Å². The molecule has 1 aromatic heterocycles. The summed E-state index contributed by atoms with van der Waals surface area (Å²) < 4.78 is 6.69. The van der Waals surface area contributed by atoms with Gasteiger partial charge in [0.25, 0.3) is 0 Å². The van der Waals surface area contributed by atoms with Crippen molar-refractivity contribution < 1.29 is 14.6 Å². The Morgan fingerprint density at radius 3 is 2.59 bits per heavy atom. The van der Waals surface area contributed by atoms with Gasteiger partial charge in [-0.05, 0) is 56.7 Å². The molecule has 0 unspecified atom stereocenters. The number of aryl methyl sites for hydroxylation is 1. The third-order valence-corrected chi connectivity index (χ3v) is 4.99. The minimum absolute atomic E-state index is 0.0791. The monoisotopic (exact) mass is 404 g/mol. The van der Waals surface area contributed by atoms with Crippen molar-refractivity contribution in [3.63, 3.8) is 0 Å². The van der Waals surface area contributed by atoms with Crippen LogP contribution in [0.4, 0.5) is 0 Å². The average molecular weight is 405 g/mol. The maximum absolute atomic E-state index is 11.8. The second-order valence-corrected chi connectivity index (χ2v) is 7.04. The SMILES string of the molecule is COC(=O)C1=C(O)/C(=C\c2cc(C)n(-c3cc(Cl)ccc3Cl)c2C)N=C1C. The molecular weight excluding hydrogens is 387 g/mol. The lowest BCUT2D eigenvalue weighted by Crippen LogP contribution is -2.11. The molecule has 5 nitrogen and oxygen atoms in total. The van der Waals surface area contributed by atoms with E-state index < -0.39 is 5.97 Å². The summed E-state index contributed by atoms with van der Waals surface area (Å²) in [5.74, 6) is -0.807. The van der Waals surface area contributed by atoms with Crippen molar-refractivity contribution in [1.29, 1.82) is 0 Å². The van der Waals surface area contributed by atoms with Gasteiger partial charge in [-0.3, -0.25) is 0 Å². The summed E-state index contributed by atoms with van der Waals surface area (Å²) in [7, 11) is 1.26. The molecule has 3 rings (SSSR count). The fourth-order valence-electron chi connectivity index (χ4n) is 3.14. The van der Waals surface area contributed by atoms with E-state index in [-0.39, 0.29) is 11.3 Å². The molecule has 0 radical (unpaired) electrons. The molecule has 1 aromatic carbocycles. The number of benzene rings is 1. The summed E-state index contributed by atoms with van der Waals surface area (Å²) in [4.78, 5) is 16.1. The molecule has 140 valence electrons. The number of halogens is 2. The zero-order valence-corrected chi connectivity index (χ0v) is 16.8. The lowest BCUT2D eigenvalue weighted by Gasteiger charge is -2.12. The van der Waals surface area contributed by atoms with E-state index in [9.17, 15) is 9.90 Å². The Balaban J connectivity index is 2.11. The molecule has 1 aliphatic rings. The summed E-state index contributed by atoms with van der Waals surface area (Å²) in [6.45, 7) is 5.54. The Bertz CT molecular complexity index is 1050. The Labute approximate surface area is 167 Å². The first-order valence-corrected chi connectivity index (χ1v) is 8.93. The van der Waals surface area contributed by atoms with Gasteiger partial charge in [0.15, 0.2) is 5.76 Å². The zero-order chi connectivity index (χ0) is 19.9. The average Bonchev–Trinajstić information content (AvgIpc) is 3.05. The summed E-state index contributed by atoms with van der Waals surface area (Å²) in [5.41, 5.74) is 4.26. The number of hydrogen-bond acceptors (Lipinski definition) is 4. The van der Waals surface area contributed by atoms with Gasteiger partial charge in [-0.2, -0.15) is 0 Å². The highest BCUT2D eigenvalue weighted by molar-refractivity contribution is 6.34. The lowest BCUT2D eigenvalue weighted by atomic mass is 10.1. The van der Waals surface area contributed by atoms with Gasteiger partial charge >= 0.3 is 5.97 Å². The summed E-state index contributed by atoms with van der Waals surface area (Å²) in [6, 6.07) is 7.23. The summed E-state index contributed by atoms with van der Waals surface area (Å²) in [5, 5.41) is 11.6. The number of esters is 1. The molecule has 0 saturated carbocycles. The molecule has 0 fully saturated rings. The van der Waals surface area contributed by atoms with Crippen LogP contribution < -0.4 is 0 Å². The number of carbonyl (C=O) groups is 1. The van der Waals surface area contributed by atoms with E-state index in [1.165, 1.54) is 7.11 Å². The number of aliphatic hydroxyl groups excluding tert-OH is 1. The van der Waals surface area contributed by atoms with Crippen LogP contribution in [-0.2, 0) is 9.53 Å².